The number of amides is 1. The Hall–Kier alpha value is -1.27. The van der Waals surface area contributed by atoms with Crippen LogP contribution in [0.3, 0.4) is 0 Å². The van der Waals surface area contributed by atoms with E-state index in [-0.39, 0.29) is 18.3 Å². The van der Waals surface area contributed by atoms with Crippen LogP contribution in [0.25, 0.3) is 0 Å². The van der Waals surface area contributed by atoms with Gasteiger partial charge in [-0.05, 0) is 17.7 Å². The summed E-state index contributed by atoms with van der Waals surface area (Å²) in [5.74, 6) is -0.0401. The van der Waals surface area contributed by atoms with Gasteiger partial charge in [-0.15, -0.1) is 0 Å². The standard InChI is InChI=1S/C9H8ClNO4S/c10-16(13,14)5-6-1-2-7-8(3-6)15-4-9(12)11-7/h1-3H,4-5H2,(H,11,12). The van der Waals surface area contributed by atoms with Crippen LogP contribution < -0.4 is 10.1 Å². The predicted molar refractivity (Wildman–Crippen MR) is 59.0 cm³/mol. The Morgan fingerprint density at radius 2 is 2.19 bits per heavy atom. The van der Waals surface area contributed by atoms with Gasteiger partial charge < -0.3 is 10.1 Å². The highest BCUT2D eigenvalue weighted by molar-refractivity contribution is 8.13. The molecule has 2 rings (SSSR count). The fourth-order valence-corrected chi connectivity index (χ4v) is 2.36. The van der Waals surface area contributed by atoms with Crippen molar-refractivity contribution in [1.82, 2.24) is 0 Å². The molecule has 7 heteroatoms. The van der Waals surface area contributed by atoms with Crippen LogP contribution in [0.2, 0.25) is 0 Å². The minimum absolute atomic E-state index is 0.0654. The van der Waals surface area contributed by atoms with Crippen molar-refractivity contribution in [2.75, 3.05) is 11.9 Å². The molecule has 86 valence electrons. The van der Waals surface area contributed by atoms with Crippen LogP contribution in [-0.4, -0.2) is 20.9 Å². The van der Waals surface area contributed by atoms with E-state index in [1.165, 1.54) is 0 Å². The van der Waals surface area contributed by atoms with Gasteiger partial charge in [0.05, 0.1) is 11.4 Å². The minimum Gasteiger partial charge on any atom is -0.482 e. The summed E-state index contributed by atoms with van der Waals surface area (Å²) in [5, 5.41) is 2.60. The first-order valence-electron chi connectivity index (χ1n) is 4.42. The van der Waals surface area contributed by atoms with Crippen LogP contribution >= 0.6 is 10.7 Å². The quantitative estimate of drug-likeness (QED) is 0.809. The molecule has 0 saturated carbocycles. The van der Waals surface area contributed by atoms with Crippen LogP contribution in [-0.2, 0) is 19.6 Å². The van der Waals surface area contributed by atoms with Crippen LogP contribution in [0.15, 0.2) is 18.2 Å². The van der Waals surface area contributed by atoms with Crippen LogP contribution in [0.1, 0.15) is 5.56 Å². The van der Waals surface area contributed by atoms with Gasteiger partial charge in [-0.2, -0.15) is 0 Å². The van der Waals surface area contributed by atoms with Crippen LogP contribution in [0.4, 0.5) is 5.69 Å². The molecular weight excluding hydrogens is 254 g/mol. The first-order valence-corrected chi connectivity index (χ1v) is 6.90. The van der Waals surface area contributed by atoms with Crippen LogP contribution in [0, 0.1) is 0 Å². The first-order chi connectivity index (χ1) is 7.44. The second kappa shape index (κ2) is 3.95. The van der Waals surface area contributed by atoms with Crippen molar-refractivity contribution in [3.05, 3.63) is 23.8 Å². The monoisotopic (exact) mass is 261 g/mol. The smallest absolute Gasteiger partial charge is 0.262 e. The Balaban J connectivity index is 2.30. The molecule has 1 aromatic carbocycles. The molecule has 1 N–H and O–H groups in total. The van der Waals surface area contributed by atoms with Gasteiger partial charge in [-0.25, -0.2) is 8.42 Å². The molecule has 0 bridgehead atoms. The number of carbonyl (C=O) groups is 1. The van der Waals surface area contributed by atoms with Gasteiger partial charge in [-0.3, -0.25) is 4.79 Å². The lowest BCUT2D eigenvalue weighted by molar-refractivity contribution is -0.118. The molecule has 0 aromatic heterocycles. The van der Waals surface area contributed by atoms with E-state index in [2.05, 4.69) is 5.32 Å². The third kappa shape index (κ3) is 2.65. The first kappa shape index (κ1) is 11.2. The topological polar surface area (TPSA) is 72.5 Å². The zero-order valence-electron chi connectivity index (χ0n) is 8.07. The average Bonchev–Trinajstić information content (AvgIpc) is 2.16. The number of benzene rings is 1. The van der Waals surface area contributed by atoms with E-state index >= 15 is 0 Å². The summed E-state index contributed by atoms with van der Waals surface area (Å²) in [5.41, 5.74) is 1.05. The van der Waals surface area contributed by atoms with Gasteiger partial charge in [0.1, 0.15) is 5.75 Å². The van der Waals surface area contributed by atoms with Crippen molar-refractivity contribution in [3.8, 4) is 5.75 Å². The lowest BCUT2D eigenvalue weighted by atomic mass is 10.2. The van der Waals surface area contributed by atoms with Gasteiger partial charge in [0.2, 0.25) is 9.05 Å². The van der Waals surface area contributed by atoms with Gasteiger partial charge in [0.15, 0.2) is 6.61 Å². The largest absolute Gasteiger partial charge is 0.482 e. The lowest BCUT2D eigenvalue weighted by Gasteiger charge is -2.18. The molecule has 1 aliphatic heterocycles. The normalized spacial score (nSPS) is 14.9. The Morgan fingerprint density at radius 3 is 2.88 bits per heavy atom. The van der Waals surface area contributed by atoms with E-state index in [0.29, 0.717) is 17.0 Å². The zero-order valence-corrected chi connectivity index (χ0v) is 9.64. The maximum Gasteiger partial charge on any atom is 0.262 e. The highest BCUT2D eigenvalue weighted by Crippen LogP contribution is 2.29. The van der Waals surface area contributed by atoms with E-state index in [1.807, 2.05) is 0 Å². The molecule has 0 fully saturated rings. The highest BCUT2D eigenvalue weighted by Gasteiger charge is 2.17. The fourth-order valence-electron chi connectivity index (χ4n) is 1.41. The summed E-state index contributed by atoms with van der Waals surface area (Å²) in [6, 6.07) is 4.71. The number of hydrogen-bond donors (Lipinski definition) is 1. The third-order valence-corrected chi connectivity index (χ3v) is 3.02. The summed E-state index contributed by atoms with van der Waals surface area (Å²) < 4.78 is 26.9. The molecule has 0 atom stereocenters. The summed E-state index contributed by atoms with van der Waals surface area (Å²) in [7, 11) is 1.55. The maximum absolute atomic E-state index is 11.0. The molecule has 1 amide bonds. The number of hydrogen-bond acceptors (Lipinski definition) is 4. The zero-order chi connectivity index (χ0) is 11.8. The summed E-state index contributed by atoms with van der Waals surface area (Å²) in [6.45, 7) is -0.0654. The van der Waals surface area contributed by atoms with Crippen LogP contribution in [0.5, 0.6) is 5.75 Å². The molecule has 1 aromatic rings. The van der Waals surface area contributed by atoms with Gasteiger partial charge in [0.25, 0.3) is 5.91 Å². The number of ether oxygens (including phenoxy) is 1. The summed E-state index contributed by atoms with van der Waals surface area (Å²) in [6.07, 6.45) is 0. The minimum atomic E-state index is -3.59. The van der Waals surface area contributed by atoms with E-state index in [0.717, 1.165) is 0 Å². The molecule has 16 heavy (non-hydrogen) atoms. The van der Waals surface area contributed by atoms with Crippen molar-refractivity contribution in [1.29, 1.82) is 0 Å². The van der Waals surface area contributed by atoms with Crippen molar-refractivity contribution in [3.63, 3.8) is 0 Å². The molecule has 1 aliphatic rings. The molecule has 1 heterocycles. The predicted octanol–water partition coefficient (Wildman–Crippen LogP) is 1.09. The Kier molecular flexibility index (Phi) is 2.77. The van der Waals surface area contributed by atoms with Gasteiger partial charge in [-0.1, -0.05) is 6.07 Å². The number of rotatable bonds is 2. The molecule has 0 saturated heterocycles. The Labute approximate surface area is 96.8 Å². The van der Waals surface area contributed by atoms with E-state index < -0.39 is 9.05 Å². The van der Waals surface area contributed by atoms with Gasteiger partial charge in [0, 0.05) is 10.7 Å². The fraction of sp³-hybridized carbons (Fsp3) is 0.222. The number of nitrogens with one attached hydrogen (secondary N) is 1. The Morgan fingerprint density at radius 1 is 1.44 bits per heavy atom. The maximum atomic E-state index is 11.0. The van der Waals surface area contributed by atoms with E-state index in [9.17, 15) is 13.2 Å². The van der Waals surface area contributed by atoms with Crippen molar-refractivity contribution in [2.45, 2.75) is 5.75 Å². The van der Waals surface area contributed by atoms with E-state index in [1.54, 1.807) is 18.2 Å². The number of halogens is 1. The number of carbonyl (C=O) groups excluding carboxylic acids is 1. The summed E-state index contributed by atoms with van der Waals surface area (Å²) in [4.78, 5) is 11.0. The second-order valence-electron chi connectivity index (χ2n) is 3.35. The Bertz CT molecular complexity index is 540. The van der Waals surface area contributed by atoms with Crippen molar-refractivity contribution >= 4 is 31.3 Å². The average molecular weight is 262 g/mol. The molecule has 0 unspecified atom stereocenters. The molecule has 0 aliphatic carbocycles. The third-order valence-electron chi connectivity index (χ3n) is 2.02. The number of anilines is 1. The van der Waals surface area contributed by atoms with Crippen molar-refractivity contribution < 1.29 is 17.9 Å². The summed E-state index contributed by atoms with van der Waals surface area (Å²) >= 11 is 0. The molecule has 0 radical (unpaired) electrons. The lowest BCUT2D eigenvalue weighted by Crippen LogP contribution is -2.25. The van der Waals surface area contributed by atoms with Crippen molar-refractivity contribution in [2.24, 2.45) is 0 Å². The van der Waals surface area contributed by atoms with E-state index in [4.69, 9.17) is 15.4 Å². The molecular formula is C9H8ClNO4S. The van der Waals surface area contributed by atoms with Gasteiger partial charge >= 0.3 is 0 Å². The molecule has 0 spiro atoms. The second-order valence-corrected chi connectivity index (χ2v) is 6.13. The highest BCUT2D eigenvalue weighted by atomic mass is 35.7. The SMILES string of the molecule is O=C1COc2cc(CS(=O)(=O)Cl)ccc2N1. The number of fused-ring (bicyclic) bond motifs is 1. The molecule has 5 nitrogen and oxygen atoms in total.